The third-order valence-electron chi connectivity index (χ3n) is 5.98. The van der Waals surface area contributed by atoms with Gasteiger partial charge in [-0.2, -0.15) is 0 Å². The first-order chi connectivity index (χ1) is 13.7. The molecule has 2 aromatic carbocycles. The summed E-state index contributed by atoms with van der Waals surface area (Å²) in [6.45, 7) is -0.352. The number of hydrogen-bond acceptors (Lipinski definition) is 0. The topological polar surface area (TPSA) is 0 Å². The van der Waals surface area contributed by atoms with Crippen LogP contribution in [0.15, 0.2) is 60.7 Å². The van der Waals surface area contributed by atoms with Gasteiger partial charge in [0.15, 0.2) is 0 Å². The molecule has 0 atom stereocenters. The van der Waals surface area contributed by atoms with Crippen molar-refractivity contribution >= 4 is 0 Å². The molecule has 0 bridgehead atoms. The lowest BCUT2D eigenvalue weighted by Crippen LogP contribution is -2.14. The van der Waals surface area contributed by atoms with Gasteiger partial charge in [-0.05, 0) is 60.6 Å². The Hall–Kier alpha value is -2.03. The van der Waals surface area contributed by atoms with E-state index < -0.39 is 6.43 Å². The van der Waals surface area contributed by atoms with Crippen LogP contribution in [-0.2, 0) is 6.42 Å². The lowest BCUT2D eigenvalue weighted by atomic mass is 9.78. The van der Waals surface area contributed by atoms with E-state index in [1.54, 1.807) is 18.2 Å². The Labute approximate surface area is 166 Å². The van der Waals surface area contributed by atoms with Crippen LogP contribution in [0.3, 0.4) is 0 Å². The van der Waals surface area contributed by atoms with E-state index in [2.05, 4.69) is 24.3 Å². The highest BCUT2D eigenvalue weighted by molar-refractivity contribution is 5.64. The Morgan fingerprint density at radius 2 is 1.36 bits per heavy atom. The Balaban J connectivity index is 1.45. The molecule has 0 amide bonds. The summed E-state index contributed by atoms with van der Waals surface area (Å²) < 4.78 is 37.5. The van der Waals surface area contributed by atoms with Gasteiger partial charge in [0.05, 0.1) is 0 Å². The van der Waals surface area contributed by atoms with Crippen molar-refractivity contribution in [3.05, 3.63) is 71.8 Å². The average Bonchev–Trinajstić information content (AvgIpc) is 2.74. The molecule has 0 aromatic heterocycles. The highest BCUT2D eigenvalue weighted by Gasteiger charge is 2.20. The fourth-order valence-electron chi connectivity index (χ4n) is 4.16. The predicted octanol–water partition coefficient (Wildman–Crippen LogP) is 7.95. The van der Waals surface area contributed by atoms with Gasteiger partial charge in [-0.3, -0.25) is 0 Å². The zero-order chi connectivity index (χ0) is 19.8. The molecule has 1 aliphatic rings. The first-order valence-electron chi connectivity index (χ1n) is 10.3. The molecule has 0 unspecified atom stereocenters. The van der Waals surface area contributed by atoms with Crippen molar-refractivity contribution in [1.82, 2.24) is 0 Å². The van der Waals surface area contributed by atoms with Gasteiger partial charge in [0.1, 0.15) is 6.67 Å². The Bertz CT molecular complexity index is 723. The molecule has 3 heteroatoms. The van der Waals surface area contributed by atoms with E-state index in [4.69, 9.17) is 0 Å². The molecule has 1 saturated carbocycles. The standard InChI is InChI=1S/C25H29F3/c26-18-2-1-3-19-4-6-20(7-5-19)8-9-21-10-12-22(13-11-21)23-14-16-24(17-15-23)25(27)28/h1-2,10-17,19-20,25H,3-9,18H2/b2-1+. The smallest absolute Gasteiger partial charge is 0.247 e. The minimum atomic E-state index is -2.42. The van der Waals surface area contributed by atoms with E-state index in [-0.39, 0.29) is 12.2 Å². The van der Waals surface area contributed by atoms with Crippen LogP contribution in [0.5, 0.6) is 0 Å². The second-order valence-corrected chi connectivity index (χ2v) is 7.91. The summed E-state index contributed by atoms with van der Waals surface area (Å²) in [6.07, 6.45) is 9.61. The molecule has 1 fully saturated rings. The number of rotatable bonds is 8. The maximum Gasteiger partial charge on any atom is 0.263 e. The molecule has 28 heavy (non-hydrogen) atoms. The second kappa shape index (κ2) is 10.5. The summed E-state index contributed by atoms with van der Waals surface area (Å²) in [5.74, 6) is 1.53. The number of benzene rings is 2. The summed E-state index contributed by atoms with van der Waals surface area (Å²) in [6, 6.07) is 15.0. The van der Waals surface area contributed by atoms with Gasteiger partial charge in [0.25, 0.3) is 6.43 Å². The van der Waals surface area contributed by atoms with Crippen molar-refractivity contribution in [3.8, 4) is 11.1 Å². The van der Waals surface area contributed by atoms with Crippen LogP contribution in [0.25, 0.3) is 11.1 Å². The summed E-state index contributed by atoms with van der Waals surface area (Å²) in [4.78, 5) is 0. The van der Waals surface area contributed by atoms with Crippen molar-refractivity contribution in [1.29, 1.82) is 0 Å². The van der Waals surface area contributed by atoms with Gasteiger partial charge in [0.2, 0.25) is 0 Å². The molecule has 2 aromatic rings. The second-order valence-electron chi connectivity index (χ2n) is 7.91. The van der Waals surface area contributed by atoms with Crippen molar-refractivity contribution in [2.75, 3.05) is 6.67 Å². The zero-order valence-electron chi connectivity index (χ0n) is 16.3. The van der Waals surface area contributed by atoms with Gasteiger partial charge in [0, 0.05) is 5.56 Å². The molecular formula is C25H29F3. The minimum absolute atomic E-state index is 0.0635. The van der Waals surface area contributed by atoms with Crippen molar-refractivity contribution in [2.45, 2.75) is 51.4 Å². The average molecular weight is 387 g/mol. The Morgan fingerprint density at radius 3 is 1.93 bits per heavy atom. The molecule has 150 valence electrons. The van der Waals surface area contributed by atoms with Crippen LogP contribution >= 0.6 is 0 Å². The fourth-order valence-corrected chi connectivity index (χ4v) is 4.16. The van der Waals surface area contributed by atoms with E-state index >= 15 is 0 Å². The quantitative estimate of drug-likeness (QED) is 0.404. The van der Waals surface area contributed by atoms with Crippen LogP contribution in [0.2, 0.25) is 0 Å². The lowest BCUT2D eigenvalue weighted by molar-refractivity contribution is 0.151. The van der Waals surface area contributed by atoms with Crippen molar-refractivity contribution < 1.29 is 13.2 Å². The predicted molar refractivity (Wildman–Crippen MR) is 110 cm³/mol. The maximum atomic E-state index is 12.7. The monoisotopic (exact) mass is 386 g/mol. The van der Waals surface area contributed by atoms with Crippen LogP contribution in [0, 0.1) is 11.8 Å². The summed E-state index contributed by atoms with van der Waals surface area (Å²) in [7, 11) is 0. The van der Waals surface area contributed by atoms with E-state index in [0.717, 1.165) is 35.8 Å². The van der Waals surface area contributed by atoms with Crippen LogP contribution < -0.4 is 0 Å². The number of halogens is 3. The lowest BCUT2D eigenvalue weighted by Gasteiger charge is -2.28. The summed E-state index contributed by atoms with van der Waals surface area (Å²) in [5, 5.41) is 0. The first kappa shape index (κ1) is 20.7. The number of alkyl halides is 3. The molecule has 0 heterocycles. The zero-order valence-corrected chi connectivity index (χ0v) is 16.3. The highest BCUT2D eigenvalue weighted by Crippen LogP contribution is 2.33. The van der Waals surface area contributed by atoms with E-state index in [0.29, 0.717) is 0 Å². The highest BCUT2D eigenvalue weighted by atomic mass is 19.3. The van der Waals surface area contributed by atoms with Crippen LogP contribution in [0.1, 0.15) is 56.1 Å². The van der Waals surface area contributed by atoms with E-state index in [1.807, 2.05) is 6.08 Å². The maximum absolute atomic E-state index is 12.7. The molecule has 0 nitrogen and oxygen atoms in total. The molecule has 0 aliphatic heterocycles. The van der Waals surface area contributed by atoms with Crippen molar-refractivity contribution in [2.24, 2.45) is 11.8 Å². The number of aryl methyl sites for hydroxylation is 1. The Morgan fingerprint density at radius 1 is 0.786 bits per heavy atom. The summed E-state index contributed by atoms with van der Waals surface area (Å²) in [5.41, 5.74) is 3.43. The molecule has 0 N–H and O–H groups in total. The third kappa shape index (κ3) is 5.98. The van der Waals surface area contributed by atoms with Crippen LogP contribution in [-0.4, -0.2) is 6.67 Å². The first-order valence-corrected chi connectivity index (χ1v) is 10.3. The fraction of sp³-hybridized carbons (Fsp3) is 0.440. The Kier molecular flexibility index (Phi) is 7.76. The molecule has 0 radical (unpaired) electrons. The molecule has 3 rings (SSSR count). The SMILES string of the molecule is FC/C=C/CC1CCC(CCc2ccc(-c3ccc(C(F)F)cc3)cc2)CC1. The summed E-state index contributed by atoms with van der Waals surface area (Å²) >= 11 is 0. The number of allylic oxidation sites excluding steroid dienone is 2. The molecular weight excluding hydrogens is 357 g/mol. The van der Waals surface area contributed by atoms with Crippen molar-refractivity contribution in [3.63, 3.8) is 0 Å². The normalized spacial score (nSPS) is 20.1. The molecule has 0 spiro atoms. The largest absolute Gasteiger partial charge is 0.263 e. The minimum Gasteiger partial charge on any atom is -0.247 e. The van der Waals surface area contributed by atoms with Gasteiger partial charge < -0.3 is 0 Å². The van der Waals surface area contributed by atoms with Gasteiger partial charge in [-0.25, -0.2) is 13.2 Å². The number of hydrogen-bond donors (Lipinski definition) is 0. The van der Waals surface area contributed by atoms with Gasteiger partial charge in [-0.1, -0.05) is 73.5 Å². The van der Waals surface area contributed by atoms with Gasteiger partial charge in [-0.15, -0.1) is 0 Å². The molecule has 1 aliphatic carbocycles. The molecule has 0 saturated heterocycles. The third-order valence-corrected chi connectivity index (χ3v) is 5.98. The van der Waals surface area contributed by atoms with E-state index in [9.17, 15) is 13.2 Å². The van der Waals surface area contributed by atoms with E-state index in [1.165, 1.54) is 49.8 Å². The van der Waals surface area contributed by atoms with Crippen LogP contribution in [0.4, 0.5) is 13.2 Å². The van der Waals surface area contributed by atoms with Gasteiger partial charge >= 0.3 is 0 Å².